The summed E-state index contributed by atoms with van der Waals surface area (Å²) in [7, 11) is 1.53. The molecule has 3 aromatic rings. The lowest BCUT2D eigenvalue weighted by atomic mass is 9.79. The molecule has 2 aromatic carbocycles. The van der Waals surface area contributed by atoms with Gasteiger partial charge in [0.15, 0.2) is 11.6 Å². The van der Waals surface area contributed by atoms with Gasteiger partial charge in [0, 0.05) is 53.2 Å². The van der Waals surface area contributed by atoms with Gasteiger partial charge in [0.05, 0.1) is 18.8 Å². The number of hydrogen-bond acceptors (Lipinski definition) is 6. The number of carboxylic acids is 1. The number of carbonyl (C=O) groups is 1. The molecule has 1 aromatic heterocycles. The summed E-state index contributed by atoms with van der Waals surface area (Å²) >= 11 is 1.02. The number of hydrogen-bond donors (Lipinski definition) is 2. The van der Waals surface area contributed by atoms with E-state index in [2.05, 4.69) is 9.88 Å². The summed E-state index contributed by atoms with van der Waals surface area (Å²) in [6, 6.07) is 6.09. The Morgan fingerprint density at radius 3 is 2.74 bits per heavy atom. The molecule has 0 amide bonds. The molecule has 6 nitrogen and oxygen atoms in total. The zero-order valence-electron chi connectivity index (χ0n) is 21.5. The smallest absolute Gasteiger partial charge is 0.303 e. The van der Waals surface area contributed by atoms with Crippen LogP contribution in [0.15, 0.2) is 41.4 Å². The molecule has 1 aliphatic rings. The van der Waals surface area contributed by atoms with E-state index in [0.29, 0.717) is 66.5 Å². The molecule has 1 fully saturated rings. The molecule has 210 valence electrons. The molecular weight excluding hydrogens is 534 g/mol. The van der Waals surface area contributed by atoms with Gasteiger partial charge in [-0.3, -0.25) is 9.78 Å². The SMILES string of the molecule is COc1ccc2ncc(F)c([C@@H](N)CC[C@@H]3CCN(CCSc4cc(F)cc(F)c4F)C[C@@H]3CC(=O)O)c2c1. The van der Waals surface area contributed by atoms with Crippen LogP contribution in [0.2, 0.25) is 0 Å². The second-order valence-corrected chi connectivity index (χ2v) is 11.0. The third-order valence-corrected chi connectivity index (χ3v) is 8.32. The first kappa shape index (κ1) is 29.1. The number of methoxy groups -OCH3 is 1. The van der Waals surface area contributed by atoms with Crippen LogP contribution in [0, 0.1) is 35.1 Å². The number of thioether (sulfide) groups is 1. The molecule has 1 aliphatic heterocycles. The minimum atomic E-state index is -1.23. The highest BCUT2D eigenvalue weighted by molar-refractivity contribution is 7.99. The summed E-state index contributed by atoms with van der Waals surface area (Å²) in [6.45, 7) is 1.73. The van der Waals surface area contributed by atoms with Crippen LogP contribution in [0.3, 0.4) is 0 Å². The number of fused-ring (bicyclic) bond motifs is 1. The Morgan fingerprint density at radius 2 is 2.00 bits per heavy atom. The molecule has 0 unspecified atom stereocenters. The van der Waals surface area contributed by atoms with Gasteiger partial charge in [-0.05, 0) is 61.9 Å². The Labute approximate surface area is 228 Å². The van der Waals surface area contributed by atoms with Crippen molar-refractivity contribution < 1.29 is 32.2 Å². The largest absolute Gasteiger partial charge is 0.497 e. The fourth-order valence-corrected chi connectivity index (χ4v) is 6.32. The minimum Gasteiger partial charge on any atom is -0.497 e. The van der Waals surface area contributed by atoms with Crippen molar-refractivity contribution in [1.82, 2.24) is 9.88 Å². The lowest BCUT2D eigenvalue weighted by Gasteiger charge is -2.38. The number of likely N-dealkylation sites (tertiary alicyclic amines) is 1. The van der Waals surface area contributed by atoms with E-state index in [1.54, 1.807) is 18.2 Å². The first-order valence-electron chi connectivity index (χ1n) is 12.8. The van der Waals surface area contributed by atoms with Crippen LogP contribution in [-0.4, -0.2) is 53.5 Å². The Kier molecular flexibility index (Phi) is 9.68. The van der Waals surface area contributed by atoms with Crippen LogP contribution >= 0.6 is 11.8 Å². The second kappa shape index (κ2) is 13.0. The Balaban J connectivity index is 1.38. The van der Waals surface area contributed by atoms with E-state index in [1.165, 1.54) is 7.11 Å². The predicted octanol–water partition coefficient (Wildman–Crippen LogP) is 5.78. The van der Waals surface area contributed by atoms with E-state index in [9.17, 15) is 27.5 Å². The number of halogens is 4. The van der Waals surface area contributed by atoms with Crippen molar-refractivity contribution in [3.05, 3.63) is 65.4 Å². The van der Waals surface area contributed by atoms with Gasteiger partial charge in [-0.25, -0.2) is 17.6 Å². The summed E-state index contributed by atoms with van der Waals surface area (Å²) in [6.07, 6.45) is 2.97. The lowest BCUT2D eigenvalue weighted by Crippen LogP contribution is -2.42. The van der Waals surface area contributed by atoms with Gasteiger partial charge in [-0.15, -0.1) is 11.8 Å². The average Bonchev–Trinajstić information content (AvgIpc) is 2.90. The fraction of sp³-hybridized carbons (Fsp3) is 0.429. The van der Waals surface area contributed by atoms with Gasteiger partial charge >= 0.3 is 5.97 Å². The number of rotatable bonds is 11. The van der Waals surface area contributed by atoms with Crippen molar-refractivity contribution >= 4 is 28.6 Å². The number of nitrogens with two attached hydrogens (primary N) is 1. The third kappa shape index (κ3) is 7.20. The molecule has 0 spiro atoms. The number of aliphatic carboxylic acids is 1. The topological polar surface area (TPSA) is 88.7 Å². The molecule has 0 radical (unpaired) electrons. The van der Waals surface area contributed by atoms with E-state index < -0.39 is 35.3 Å². The van der Waals surface area contributed by atoms with Crippen molar-refractivity contribution in [1.29, 1.82) is 0 Å². The normalized spacial score (nSPS) is 18.8. The zero-order valence-corrected chi connectivity index (χ0v) is 22.3. The van der Waals surface area contributed by atoms with Crippen LogP contribution in [0.5, 0.6) is 5.75 Å². The number of nitrogens with zero attached hydrogens (tertiary/aromatic N) is 2. The fourth-order valence-electron chi connectivity index (χ4n) is 5.33. The van der Waals surface area contributed by atoms with Gasteiger partial charge in [-0.2, -0.15) is 0 Å². The quantitative estimate of drug-likeness (QED) is 0.173. The second-order valence-electron chi connectivity index (χ2n) is 9.84. The summed E-state index contributed by atoms with van der Waals surface area (Å²) in [5.74, 6) is -3.63. The van der Waals surface area contributed by atoms with Gasteiger partial charge < -0.3 is 20.5 Å². The van der Waals surface area contributed by atoms with E-state index >= 15 is 0 Å². The minimum absolute atomic E-state index is 0.0168. The number of piperidine rings is 1. The highest BCUT2D eigenvalue weighted by atomic mass is 32.2. The summed E-state index contributed by atoms with van der Waals surface area (Å²) in [5.41, 5.74) is 7.45. The Hall–Kier alpha value is -2.89. The van der Waals surface area contributed by atoms with Crippen molar-refractivity contribution in [2.24, 2.45) is 17.6 Å². The predicted molar refractivity (Wildman–Crippen MR) is 142 cm³/mol. The number of carboxylic acid groups (broad SMARTS) is 1. The average molecular weight is 566 g/mol. The molecule has 0 aliphatic carbocycles. The van der Waals surface area contributed by atoms with E-state index in [0.717, 1.165) is 30.4 Å². The first-order valence-corrected chi connectivity index (χ1v) is 13.7. The van der Waals surface area contributed by atoms with Gasteiger partial charge in [0.25, 0.3) is 0 Å². The number of ether oxygens (including phenoxy) is 1. The molecule has 1 saturated heterocycles. The Morgan fingerprint density at radius 1 is 1.21 bits per heavy atom. The molecular formula is C28H31F4N3O3S. The number of aromatic nitrogens is 1. The van der Waals surface area contributed by atoms with Gasteiger partial charge in [-0.1, -0.05) is 0 Å². The highest BCUT2D eigenvalue weighted by Crippen LogP contribution is 2.35. The maximum absolute atomic E-state index is 14.8. The van der Waals surface area contributed by atoms with E-state index in [1.807, 2.05) is 0 Å². The molecule has 0 saturated carbocycles. The van der Waals surface area contributed by atoms with Crippen molar-refractivity contribution in [3.63, 3.8) is 0 Å². The van der Waals surface area contributed by atoms with Gasteiger partial charge in [0.1, 0.15) is 17.4 Å². The van der Waals surface area contributed by atoms with Crippen molar-refractivity contribution in [3.8, 4) is 5.75 Å². The molecule has 3 atom stereocenters. The van der Waals surface area contributed by atoms with Gasteiger partial charge in [0.2, 0.25) is 0 Å². The van der Waals surface area contributed by atoms with Crippen LogP contribution in [-0.2, 0) is 4.79 Å². The van der Waals surface area contributed by atoms with Crippen LogP contribution in [0.4, 0.5) is 17.6 Å². The first-order chi connectivity index (χ1) is 18.7. The lowest BCUT2D eigenvalue weighted by molar-refractivity contribution is -0.139. The summed E-state index contributed by atoms with van der Waals surface area (Å²) < 4.78 is 61.0. The molecule has 2 heterocycles. The maximum atomic E-state index is 14.8. The zero-order chi connectivity index (χ0) is 28.1. The van der Waals surface area contributed by atoms with Crippen molar-refractivity contribution in [2.75, 3.05) is 32.5 Å². The highest BCUT2D eigenvalue weighted by Gasteiger charge is 2.31. The van der Waals surface area contributed by atoms with Crippen LogP contribution in [0.25, 0.3) is 10.9 Å². The summed E-state index contributed by atoms with van der Waals surface area (Å²) in [4.78, 5) is 17.7. The Bertz CT molecular complexity index is 1330. The number of pyridine rings is 1. The van der Waals surface area contributed by atoms with E-state index in [4.69, 9.17) is 10.5 Å². The third-order valence-electron chi connectivity index (χ3n) is 7.32. The monoisotopic (exact) mass is 565 g/mol. The van der Waals surface area contributed by atoms with E-state index in [-0.39, 0.29) is 23.2 Å². The molecule has 0 bridgehead atoms. The van der Waals surface area contributed by atoms with Crippen LogP contribution in [0.1, 0.15) is 37.3 Å². The van der Waals surface area contributed by atoms with Crippen molar-refractivity contribution in [2.45, 2.75) is 36.6 Å². The number of benzene rings is 2. The molecule has 39 heavy (non-hydrogen) atoms. The molecule has 3 N–H and O–H groups in total. The molecule has 11 heteroatoms. The van der Waals surface area contributed by atoms with Crippen LogP contribution < -0.4 is 10.5 Å². The summed E-state index contributed by atoms with van der Waals surface area (Å²) in [5, 5.41) is 10.1. The molecule has 4 rings (SSSR count). The standard InChI is InChI=1S/C28H31F4N3O3S/c1-38-19-3-5-24-20(13-19)27(22(31)14-34-24)23(33)4-2-16-6-7-35(15-17(16)10-26(36)37)8-9-39-25-12-18(29)11-21(30)28(25)32/h3,5,11-14,16-17,23H,2,4,6-10,15,33H2,1H3,(H,36,37)/t16-,17+,23+/m1/s1. The maximum Gasteiger partial charge on any atom is 0.303 e.